The molecule has 2 rings (SSSR count). The second-order valence-electron chi connectivity index (χ2n) is 5.91. The van der Waals surface area contributed by atoms with Crippen molar-refractivity contribution >= 4 is 5.91 Å². The quantitative estimate of drug-likeness (QED) is 0.910. The van der Waals surface area contributed by atoms with Crippen LogP contribution in [0.3, 0.4) is 0 Å². The Balaban J connectivity index is 2.11. The molecular weight excluding hydrogens is 252 g/mol. The lowest BCUT2D eigenvalue weighted by molar-refractivity contribution is -0.140. The van der Waals surface area contributed by atoms with Gasteiger partial charge in [-0.15, -0.1) is 0 Å². The maximum absolute atomic E-state index is 12.7. The van der Waals surface area contributed by atoms with Crippen LogP contribution in [0.4, 0.5) is 0 Å². The first kappa shape index (κ1) is 14.9. The molecule has 0 unspecified atom stereocenters. The average molecular weight is 276 g/mol. The minimum Gasteiger partial charge on any atom is -0.496 e. The molecule has 1 N–H and O–H groups in total. The number of nitrogens with one attached hydrogen (secondary N) is 1. The first-order valence-corrected chi connectivity index (χ1v) is 7.16. The van der Waals surface area contributed by atoms with Crippen molar-refractivity contribution in [2.45, 2.75) is 20.3 Å². The van der Waals surface area contributed by atoms with E-state index in [1.165, 1.54) is 0 Å². The van der Waals surface area contributed by atoms with Gasteiger partial charge in [0.1, 0.15) is 5.75 Å². The monoisotopic (exact) mass is 276 g/mol. The van der Waals surface area contributed by atoms with Crippen LogP contribution in [0.2, 0.25) is 0 Å². The molecule has 1 aliphatic rings. The number of carbonyl (C=O) groups is 1. The van der Waals surface area contributed by atoms with Gasteiger partial charge in [0.05, 0.1) is 7.11 Å². The standard InChI is InChI=1S/C16H24N2O2/c1-16(2,15(19)18-10-8-17-9-11-18)12-13-6-4-5-7-14(13)20-3/h4-7,17H,8-12H2,1-3H3. The van der Waals surface area contributed by atoms with Crippen molar-refractivity contribution in [2.75, 3.05) is 33.3 Å². The Morgan fingerprint density at radius 1 is 1.30 bits per heavy atom. The highest BCUT2D eigenvalue weighted by atomic mass is 16.5. The zero-order chi connectivity index (χ0) is 14.6. The van der Waals surface area contributed by atoms with Crippen molar-refractivity contribution in [1.82, 2.24) is 10.2 Å². The molecule has 1 fully saturated rings. The zero-order valence-corrected chi connectivity index (χ0v) is 12.6. The van der Waals surface area contributed by atoms with Gasteiger partial charge in [-0.2, -0.15) is 0 Å². The number of benzene rings is 1. The molecule has 4 heteroatoms. The van der Waals surface area contributed by atoms with Gasteiger partial charge in [0.15, 0.2) is 0 Å². The number of rotatable bonds is 4. The Morgan fingerprint density at radius 3 is 2.60 bits per heavy atom. The summed E-state index contributed by atoms with van der Waals surface area (Å²) in [6.07, 6.45) is 0.694. The van der Waals surface area contributed by atoms with Gasteiger partial charge < -0.3 is 15.0 Å². The minimum absolute atomic E-state index is 0.227. The lowest BCUT2D eigenvalue weighted by Crippen LogP contribution is -2.51. The van der Waals surface area contributed by atoms with E-state index in [0.29, 0.717) is 6.42 Å². The van der Waals surface area contributed by atoms with Crippen LogP contribution in [0.15, 0.2) is 24.3 Å². The minimum atomic E-state index is -0.411. The molecule has 1 amide bonds. The number of nitrogens with zero attached hydrogens (tertiary/aromatic N) is 1. The van der Waals surface area contributed by atoms with Gasteiger partial charge in [0.25, 0.3) is 0 Å². The number of piperazine rings is 1. The zero-order valence-electron chi connectivity index (χ0n) is 12.6. The topological polar surface area (TPSA) is 41.6 Å². The number of para-hydroxylation sites is 1. The van der Waals surface area contributed by atoms with Crippen molar-refractivity contribution in [1.29, 1.82) is 0 Å². The molecule has 0 aliphatic carbocycles. The predicted molar refractivity (Wildman–Crippen MR) is 79.9 cm³/mol. The third-order valence-electron chi connectivity index (χ3n) is 3.81. The Hall–Kier alpha value is -1.55. The van der Waals surface area contributed by atoms with Crippen molar-refractivity contribution in [3.8, 4) is 5.75 Å². The SMILES string of the molecule is COc1ccccc1CC(C)(C)C(=O)N1CCNCC1. The molecule has 1 aromatic carbocycles. The summed E-state index contributed by atoms with van der Waals surface area (Å²) in [5, 5.41) is 3.28. The predicted octanol–water partition coefficient (Wildman–Crippen LogP) is 1.70. The highest BCUT2D eigenvalue weighted by Gasteiger charge is 2.33. The third kappa shape index (κ3) is 3.31. The van der Waals surface area contributed by atoms with Crippen LogP contribution in [-0.4, -0.2) is 44.1 Å². The van der Waals surface area contributed by atoms with Crippen LogP contribution < -0.4 is 10.1 Å². The van der Waals surface area contributed by atoms with Gasteiger partial charge in [-0.05, 0) is 18.1 Å². The highest BCUT2D eigenvalue weighted by Crippen LogP contribution is 2.29. The first-order chi connectivity index (χ1) is 9.54. The summed E-state index contributed by atoms with van der Waals surface area (Å²) >= 11 is 0. The van der Waals surface area contributed by atoms with Crippen molar-refractivity contribution in [3.05, 3.63) is 29.8 Å². The van der Waals surface area contributed by atoms with E-state index in [1.807, 2.05) is 43.0 Å². The number of methoxy groups -OCH3 is 1. The normalized spacial score (nSPS) is 16.1. The van der Waals surface area contributed by atoms with Crippen molar-refractivity contribution < 1.29 is 9.53 Å². The van der Waals surface area contributed by atoms with Gasteiger partial charge in [-0.3, -0.25) is 4.79 Å². The van der Waals surface area contributed by atoms with Gasteiger partial charge in [-0.25, -0.2) is 0 Å². The fraction of sp³-hybridized carbons (Fsp3) is 0.562. The second-order valence-corrected chi connectivity index (χ2v) is 5.91. The molecule has 1 aromatic rings. The van der Waals surface area contributed by atoms with Gasteiger partial charge in [0, 0.05) is 31.6 Å². The molecule has 0 bridgehead atoms. The van der Waals surface area contributed by atoms with E-state index in [4.69, 9.17) is 4.74 Å². The molecule has 1 aliphatic heterocycles. The van der Waals surface area contributed by atoms with E-state index >= 15 is 0 Å². The van der Waals surface area contributed by atoms with Crippen molar-refractivity contribution in [2.24, 2.45) is 5.41 Å². The molecule has 0 radical (unpaired) electrons. The molecule has 20 heavy (non-hydrogen) atoms. The second kappa shape index (κ2) is 6.27. The molecular formula is C16H24N2O2. The number of ether oxygens (including phenoxy) is 1. The average Bonchev–Trinajstić information content (AvgIpc) is 2.47. The molecule has 0 saturated carbocycles. The molecule has 0 aromatic heterocycles. The molecule has 0 spiro atoms. The fourth-order valence-electron chi connectivity index (χ4n) is 2.70. The number of hydrogen-bond acceptors (Lipinski definition) is 3. The summed E-state index contributed by atoms with van der Waals surface area (Å²) in [5.41, 5.74) is 0.676. The maximum atomic E-state index is 12.7. The molecule has 1 saturated heterocycles. The first-order valence-electron chi connectivity index (χ1n) is 7.16. The maximum Gasteiger partial charge on any atom is 0.228 e. The van der Waals surface area contributed by atoms with Crippen LogP contribution in [-0.2, 0) is 11.2 Å². The van der Waals surface area contributed by atoms with E-state index < -0.39 is 5.41 Å². The Kier molecular flexibility index (Phi) is 4.65. The van der Waals surface area contributed by atoms with E-state index in [1.54, 1.807) is 7.11 Å². The third-order valence-corrected chi connectivity index (χ3v) is 3.81. The molecule has 4 nitrogen and oxygen atoms in total. The van der Waals surface area contributed by atoms with Crippen LogP contribution in [0, 0.1) is 5.41 Å². The molecule has 110 valence electrons. The van der Waals surface area contributed by atoms with Crippen LogP contribution >= 0.6 is 0 Å². The molecule has 1 heterocycles. The summed E-state index contributed by atoms with van der Waals surface area (Å²) in [4.78, 5) is 14.6. The van der Waals surface area contributed by atoms with Gasteiger partial charge >= 0.3 is 0 Å². The summed E-state index contributed by atoms with van der Waals surface area (Å²) in [5.74, 6) is 1.08. The number of hydrogen-bond donors (Lipinski definition) is 1. The van der Waals surface area contributed by atoms with Crippen LogP contribution in [0.25, 0.3) is 0 Å². The smallest absolute Gasteiger partial charge is 0.228 e. The van der Waals surface area contributed by atoms with Crippen molar-refractivity contribution in [3.63, 3.8) is 0 Å². The van der Waals surface area contributed by atoms with Crippen LogP contribution in [0.5, 0.6) is 5.75 Å². The molecule has 0 atom stereocenters. The summed E-state index contributed by atoms with van der Waals surface area (Å²) in [6, 6.07) is 7.92. The Bertz CT molecular complexity index is 465. The largest absolute Gasteiger partial charge is 0.496 e. The Morgan fingerprint density at radius 2 is 1.95 bits per heavy atom. The summed E-state index contributed by atoms with van der Waals surface area (Å²) in [7, 11) is 1.67. The number of carbonyl (C=O) groups excluding carboxylic acids is 1. The van der Waals surface area contributed by atoms with E-state index in [9.17, 15) is 4.79 Å². The lowest BCUT2D eigenvalue weighted by Gasteiger charge is -2.35. The summed E-state index contributed by atoms with van der Waals surface area (Å²) < 4.78 is 5.38. The summed E-state index contributed by atoms with van der Waals surface area (Å²) in [6.45, 7) is 7.41. The number of amides is 1. The fourth-order valence-corrected chi connectivity index (χ4v) is 2.70. The van der Waals surface area contributed by atoms with Crippen LogP contribution in [0.1, 0.15) is 19.4 Å². The highest BCUT2D eigenvalue weighted by molar-refractivity contribution is 5.82. The van der Waals surface area contributed by atoms with Gasteiger partial charge in [-0.1, -0.05) is 32.0 Å². The van der Waals surface area contributed by atoms with E-state index in [2.05, 4.69) is 5.32 Å². The lowest BCUT2D eigenvalue weighted by atomic mass is 9.83. The van der Waals surface area contributed by atoms with E-state index in [-0.39, 0.29) is 5.91 Å². The van der Waals surface area contributed by atoms with Gasteiger partial charge in [0.2, 0.25) is 5.91 Å². The Labute approximate surface area is 121 Å². The van der Waals surface area contributed by atoms with E-state index in [0.717, 1.165) is 37.5 Å².